The molecule has 0 radical (unpaired) electrons. The number of phenols is 1. The van der Waals surface area contributed by atoms with Crippen LogP contribution in [0.15, 0.2) is 57.7 Å². The Hall–Kier alpha value is -3.08. The van der Waals surface area contributed by atoms with Gasteiger partial charge in [-0.05, 0) is 37.3 Å². The van der Waals surface area contributed by atoms with Crippen LogP contribution >= 0.6 is 0 Å². The SMILES string of the molecule is Cc1nn(-c2ccccc2)c2oc3ccc(O)cc3c(=O)c12. The van der Waals surface area contributed by atoms with Crippen molar-refractivity contribution in [2.75, 3.05) is 0 Å². The Kier molecular flexibility index (Phi) is 2.56. The lowest BCUT2D eigenvalue weighted by Crippen LogP contribution is -2.03. The molecular formula is C17H12N2O3. The molecule has 5 heteroatoms. The third-order valence-electron chi connectivity index (χ3n) is 3.66. The zero-order chi connectivity index (χ0) is 15.3. The van der Waals surface area contributed by atoms with Gasteiger partial charge in [0, 0.05) is 0 Å². The van der Waals surface area contributed by atoms with Gasteiger partial charge in [0.2, 0.25) is 11.1 Å². The van der Waals surface area contributed by atoms with E-state index in [1.165, 1.54) is 12.1 Å². The molecule has 2 aromatic heterocycles. The van der Waals surface area contributed by atoms with Gasteiger partial charge in [0.05, 0.1) is 16.8 Å². The first-order chi connectivity index (χ1) is 10.6. The summed E-state index contributed by atoms with van der Waals surface area (Å²) in [5, 5.41) is 14.8. The van der Waals surface area contributed by atoms with Gasteiger partial charge in [-0.15, -0.1) is 0 Å². The van der Waals surface area contributed by atoms with E-state index in [9.17, 15) is 9.90 Å². The third kappa shape index (κ3) is 1.72. The molecule has 0 saturated carbocycles. The molecule has 4 rings (SSSR count). The second-order valence-corrected chi connectivity index (χ2v) is 5.12. The molecule has 0 aliphatic rings. The lowest BCUT2D eigenvalue weighted by Gasteiger charge is -2.03. The molecule has 2 aromatic carbocycles. The summed E-state index contributed by atoms with van der Waals surface area (Å²) in [7, 11) is 0. The first kappa shape index (κ1) is 12.6. The van der Waals surface area contributed by atoms with Crippen LogP contribution in [-0.2, 0) is 0 Å². The van der Waals surface area contributed by atoms with Crippen molar-refractivity contribution >= 4 is 22.1 Å². The Morgan fingerprint density at radius 1 is 1.14 bits per heavy atom. The number of nitrogens with zero attached hydrogens (tertiary/aromatic N) is 2. The van der Waals surface area contributed by atoms with Crippen LogP contribution in [0, 0.1) is 6.92 Å². The van der Waals surface area contributed by atoms with Crippen LogP contribution in [0.3, 0.4) is 0 Å². The second-order valence-electron chi connectivity index (χ2n) is 5.12. The number of phenolic OH excluding ortho intramolecular Hbond substituents is 1. The maximum atomic E-state index is 12.7. The van der Waals surface area contributed by atoms with E-state index in [-0.39, 0.29) is 11.2 Å². The first-order valence-corrected chi connectivity index (χ1v) is 6.86. The van der Waals surface area contributed by atoms with Crippen molar-refractivity contribution in [3.05, 3.63) is 64.4 Å². The summed E-state index contributed by atoms with van der Waals surface area (Å²) in [6.07, 6.45) is 0. The number of hydrogen-bond acceptors (Lipinski definition) is 4. The smallest absolute Gasteiger partial charge is 0.234 e. The zero-order valence-electron chi connectivity index (χ0n) is 11.8. The number of para-hydroxylation sites is 1. The Morgan fingerprint density at radius 3 is 2.68 bits per heavy atom. The fraction of sp³-hybridized carbons (Fsp3) is 0.0588. The minimum absolute atomic E-state index is 0.0345. The molecule has 108 valence electrons. The number of rotatable bonds is 1. The first-order valence-electron chi connectivity index (χ1n) is 6.86. The molecule has 22 heavy (non-hydrogen) atoms. The van der Waals surface area contributed by atoms with Crippen LogP contribution in [-0.4, -0.2) is 14.9 Å². The molecule has 0 bridgehead atoms. The molecular weight excluding hydrogens is 280 g/mol. The van der Waals surface area contributed by atoms with Crippen molar-refractivity contribution in [2.24, 2.45) is 0 Å². The predicted octanol–water partition coefficient (Wildman–Crippen LogP) is 3.15. The molecule has 0 aliphatic carbocycles. The number of hydrogen-bond donors (Lipinski definition) is 1. The molecule has 2 heterocycles. The quantitative estimate of drug-likeness (QED) is 0.585. The maximum Gasteiger partial charge on any atom is 0.234 e. The predicted molar refractivity (Wildman–Crippen MR) is 83.5 cm³/mol. The maximum absolute atomic E-state index is 12.7. The van der Waals surface area contributed by atoms with Crippen molar-refractivity contribution in [2.45, 2.75) is 6.92 Å². The molecule has 0 saturated heterocycles. The standard InChI is InChI=1S/C17H12N2O3/c1-10-15-16(21)13-9-12(20)7-8-14(13)22-17(15)19(18-10)11-5-3-2-4-6-11/h2-9,20H,1H3. The molecule has 0 atom stereocenters. The summed E-state index contributed by atoms with van der Waals surface area (Å²) < 4.78 is 7.50. The average molecular weight is 292 g/mol. The topological polar surface area (TPSA) is 68.3 Å². The highest BCUT2D eigenvalue weighted by atomic mass is 16.3. The van der Waals surface area contributed by atoms with Gasteiger partial charge in [0.25, 0.3) is 0 Å². The Morgan fingerprint density at radius 2 is 1.91 bits per heavy atom. The van der Waals surface area contributed by atoms with Gasteiger partial charge in [-0.2, -0.15) is 9.78 Å². The van der Waals surface area contributed by atoms with Crippen molar-refractivity contribution in [3.8, 4) is 11.4 Å². The number of fused-ring (bicyclic) bond motifs is 2. The second kappa shape index (κ2) is 4.46. The van der Waals surface area contributed by atoms with Gasteiger partial charge in [0.1, 0.15) is 16.7 Å². The van der Waals surface area contributed by atoms with Crippen molar-refractivity contribution in [1.29, 1.82) is 0 Å². The van der Waals surface area contributed by atoms with E-state index >= 15 is 0 Å². The molecule has 1 N–H and O–H groups in total. The Labute approximate surface area is 125 Å². The van der Waals surface area contributed by atoms with Crippen LogP contribution in [0.4, 0.5) is 0 Å². The van der Waals surface area contributed by atoms with Crippen molar-refractivity contribution in [1.82, 2.24) is 9.78 Å². The number of benzene rings is 2. The summed E-state index contributed by atoms with van der Waals surface area (Å²) in [5.41, 5.74) is 2.06. The van der Waals surface area contributed by atoms with Crippen LogP contribution < -0.4 is 5.43 Å². The van der Waals surface area contributed by atoms with E-state index in [1.54, 1.807) is 17.7 Å². The lowest BCUT2D eigenvalue weighted by atomic mass is 10.1. The normalized spacial score (nSPS) is 11.3. The van der Waals surface area contributed by atoms with E-state index in [0.717, 1.165) is 5.69 Å². The fourth-order valence-corrected chi connectivity index (χ4v) is 2.63. The summed E-state index contributed by atoms with van der Waals surface area (Å²) in [6.45, 7) is 1.77. The largest absolute Gasteiger partial charge is 0.508 e. The Bertz CT molecular complexity index is 1060. The number of aromatic hydroxyl groups is 1. The van der Waals surface area contributed by atoms with Gasteiger partial charge < -0.3 is 9.52 Å². The van der Waals surface area contributed by atoms with E-state index in [4.69, 9.17) is 4.42 Å². The third-order valence-corrected chi connectivity index (χ3v) is 3.66. The molecule has 5 nitrogen and oxygen atoms in total. The average Bonchev–Trinajstić information content (AvgIpc) is 2.86. The molecule has 0 unspecified atom stereocenters. The van der Waals surface area contributed by atoms with Crippen LogP contribution in [0.2, 0.25) is 0 Å². The monoisotopic (exact) mass is 292 g/mol. The van der Waals surface area contributed by atoms with Crippen molar-refractivity contribution < 1.29 is 9.52 Å². The van der Waals surface area contributed by atoms with Crippen LogP contribution in [0.1, 0.15) is 5.69 Å². The molecule has 0 fully saturated rings. The molecule has 4 aromatic rings. The van der Waals surface area contributed by atoms with E-state index in [0.29, 0.717) is 27.8 Å². The van der Waals surface area contributed by atoms with Crippen molar-refractivity contribution in [3.63, 3.8) is 0 Å². The number of aromatic nitrogens is 2. The summed E-state index contributed by atoms with van der Waals surface area (Å²) >= 11 is 0. The van der Waals surface area contributed by atoms with Gasteiger partial charge in [-0.1, -0.05) is 18.2 Å². The van der Waals surface area contributed by atoms with Gasteiger partial charge in [-0.25, -0.2) is 0 Å². The highest BCUT2D eigenvalue weighted by Crippen LogP contribution is 2.25. The van der Waals surface area contributed by atoms with E-state index < -0.39 is 0 Å². The minimum atomic E-state index is -0.188. The molecule has 0 amide bonds. The van der Waals surface area contributed by atoms with Gasteiger partial charge >= 0.3 is 0 Å². The Balaban J connectivity index is 2.17. The molecule has 0 spiro atoms. The fourth-order valence-electron chi connectivity index (χ4n) is 2.63. The van der Waals surface area contributed by atoms with Gasteiger partial charge in [0.15, 0.2) is 0 Å². The molecule has 0 aliphatic heterocycles. The lowest BCUT2D eigenvalue weighted by molar-refractivity contribution is 0.475. The minimum Gasteiger partial charge on any atom is -0.508 e. The highest BCUT2D eigenvalue weighted by molar-refractivity contribution is 5.90. The highest BCUT2D eigenvalue weighted by Gasteiger charge is 2.17. The summed E-state index contributed by atoms with van der Waals surface area (Å²) in [4.78, 5) is 12.7. The van der Waals surface area contributed by atoms with Crippen LogP contribution in [0.5, 0.6) is 5.75 Å². The zero-order valence-corrected chi connectivity index (χ0v) is 11.8. The van der Waals surface area contributed by atoms with E-state index in [2.05, 4.69) is 5.10 Å². The van der Waals surface area contributed by atoms with Crippen LogP contribution in [0.25, 0.3) is 27.8 Å². The number of aryl methyl sites for hydroxylation is 1. The summed E-state index contributed by atoms with van der Waals surface area (Å²) in [5.74, 6) is 0.0345. The summed E-state index contributed by atoms with van der Waals surface area (Å²) in [6, 6.07) is 14.0. The van der Waals surface area contributed by atoms with E-state index in [1.807, 2.05) is 30.3 Å². The van der Waals surface area contributed by atoms with Gasteiger partial charge in [-0.3, -0.25) is 4.79 Å².